The summed E-state index contributed by atoms with van der Waals surface area (Å²) < 4.78 is 57.4. The summed E-state index contributed by atoms with van der Waals surface area (Å²) in [5.41, 5.74) is -1.74. The van der Waals surface area contributed by atoms with E-state index in [1.165, 1.54) is 77.0 Å². The summed E-state index contributed by atoms with van der Waals surface area (Å²) in [6, 6.07) is 0.948. The number of ether oxygens (including phenoxy) is 1. The summed E-state index contributed by atoms with van der Waals surface area (Å²) in [5, 5.41) is 2.46. The van der Waals surface area contributed by atoms with Gasteiger partial charge in [-0.25, -0.2) is 9.18 Å². The minimum Gasteiger partial charge on any atom is -0.464 e. The molecule has 1 atom stereocenters. The fourth-order valence-corrected chi connectivity index (χ4v) is 4.34. The van der Waals surface area contributed by atoms with E-state index in [1.54, 1.807) is 13.8 Å². The van der Waals surface area contributed by atoms with Crippen LogP contribution < -0.4 is 5.32 Å². The minimum atomic E-state index is -4.85. The average molecular weight is 546 g/mol. The van der Waals surface area contributed by atoms with Crippen LogP contribution in [0.15, 0.2) is 18.2 Å². The van der Waals surface area contributed by atoms with E-state index < -0.39 is 35.5 Å². The second-order valence-electron chi connectivity index (χ2n) is 10.5. The lowest BCUT2D eigenvalue weighted by atomic mass is 10.0. The molecule has 1 aromatic carbocycles. The van der Waals surface area contributed by atoms with E-state index in [1.807, 2.05) is 0 Å². The Morgan fingerprint density at radius 1 is 0.816 bits per heavy atom. The number of esters is 1. The summed E-state index contributed by atoms with van der Waals surface area (Å²) in [5.74, 6) is -3.29. The molecule has 218 valence electrons. The molecule has 0 fully saturated rings. The van der Waals surface area contributed by atoms with Crippen LogP contribution in [0.4, 0.5) is 17.6 Å². The first-order valence-electron chi connectivity index (χ1n) is 14.4. The van der Waals surface area contributed by atoms with Crippen molar-refractivity contribution in [2.75, 3.05) is 6.61 Å². The van der Waals surface area contributed by atoms with Crippen molar-refractivity contribution in [2.24, 2.45) is 5.92 Å². The van der Waals surface area contributed by atoms with Crippen LogP contribution in [-0.2, 0) is 15.7 Å². The first-order chi connectivity index (χ1) is 18.1. The molecule has 1 amide bonds. The Bertz CT molecular complexity index is 811. The predicted octanol–water partition coefficient (Wildman–Crippen LogP) is 9.01. The molecule has 38 heavy (non-hydrogen) atoms. The van der Waals surface area contributed by atoms with E-state index in [4.69, 9.17) is 4.74 Å². The summed E-state index contributed by atoms with van der Waals surface area (Å²) >= 11 is 0. The standard InChI is InChI=1S/C30H47F4NO3/c1-4-5-6-7-8-9-10-11-12-13-14-15-16-17-18-21-38-29(37)27(23(2)3)35-28(36)24-19-20-25(26(31)22-24)30(32,33)34/h19-20,22-23,27H,4-18,21H2,1-3H3,(H,35,36). The molecule has 0 radical (unpaired) electrons. The van der Waals surface area contributed by atoms with Gasteiger partial charge in [0.1, 0.15) is 11.9 Å². The smallest absolute Gasteiger partial charge is 0.419 e. The van der Waals surface area contributed by atoms with E-state index in [9.17, 15) is 27.2 Å². The number of rotatable bonds is 20. The molecule has 0 aliphatic heterocycles. The first kappa shape index (κ1) is 33.9. The van der Waals surface area contributed by atoms with Gasteiger partial charge in [0.2, 0.25) is 0 Å². The average Bonchev–Trinajstić information content (AvgIpc) is 2.85. The third-order valence-electron chi connectivity index (χ3n) is 6.74. The van der Waals surface area contributed by atoms with Crippen molar-refractivity contribution >= 4 is 11.9 Å². The molecule has 0 spiro atoms. The molecule has 0 saturated heterocycles. The Morgan fingerprint density at radius 3 is 1.71 bits per heavy atom. The number of nitrogens with one attached hydrogen (secondary N) is 1. The number of hydrogen-bond acceptors (Lipinski definition) is 3. The zero-order valence-electron chi connectivity index (χ0n) is 23.4. The molecule has 4 nitrogen and oxygen atoms in total. The first-order valence-corrected chi connectivity index (χ1v) is 14.4. The quantitative estimate of drug-likeness (QED) is 0.101. The van der Waals surface area contributed by atoms with Gasteiger partial charge >= 0.3 is 12.1 Å². The van der Waals surface area contributed by atoms with E-state index in [2.05, 4.69) is 12.2 Å². The molecule has 1 unspecified atom stereocenters. The van der Waals surface area contributed by atoms with E-state index in [0.29, 0.717) is 12.1 Å². The maximum Gasteiger partial charge on any atom is 0.419 e. The molecule has 0 heterocycles. The fourth-order valence-electron chi connectivity index (χ4n) is 4.34. The Labute approximate surface area is 226 Å². The zero-order chi connectivity index (χ0) is 28.4. The van der Waals surface area contributed by atoms with Crippen molar-refractivity contribution in [3.63, 3.8) is 0 Å². The normalized spacial score (nSPS) is 12.5. The molecular weight excluding hydrogens is 498 g/mol. The maximum atomic E-state index is 13.8. The fraction of sp³-hybridized carbons (Fsp3) is 0.733. The Balaban J connectivity index is 2.21. The van der Waals surface area contributed by atoms with Gasteiger partial charge in [-0.2, -0.15) is 13.2 Å². The van der Waals surface area contributed by atoms with Crippen molar-refractivity contribution in [1.29, 1.82) is 0 Å². The summed E-state index contributed by atoms with van der Waals surface area (Å²) in [4.78, 5) is 24.9. The number of carbonyl (C=O) groups excluding carboxylic acids is 2. The largest absolute Gasteiger partial charge is 0.464 e. The van der Waals surface area contributed by atoms with Gasteiger partial charge in [-0.3, -0.25) is 4.79 Å². The van der Waals surface area contributed by atoms with Gasteiger partial charge in [-0.1, -0.05) is 111 Å². The lowest BCUT2D eigenvalue weighted by Crippen LogP contribution is -2.45. The van der Waals surface area contributed by atoms with Crippen LogP contribution in [0.5, 0.6) is 0 Å². The van der Waals surface area contributed by atoms with Gasteiger partial charge in [0.25, 0.3) is 5.91 Å². The van der Waals surface area contributed by atoms with Crippen molar-refractivity contribution in [2.45, 2.75) is 129 Å². The van der Waals surface area contributed by atoms with Gasteiger partial charge in [-0.05, 0) is 30.5 Å². The molecule has 1 rings (SSSR count). The van der Waals surface area contributed by atoms with Crippen LogP contribution in [0.1, 0.15) is 133 Å². The summed E-state index contributed by atoms with van der Waals surface area (Å²) in [6.07, 6.45) is 13.7. The predicted molar refractivity (Wildman–Crippen MR) is 143 cm³/mol. The lowest BCUT2D eigenvalue weighted by Gasteiger charge is -2.21. The highest BCUT2D eigenvalue weighted by Gasteiger charge is 2.34. The third-order valence-corrected chi connectivity index (χ3v) is 6.74. The molecule has 0 aromatic heterocycles. The van der Waals surface area contributed by atoms with Gasteiger partial charge in [0.05, 0.1) is 12.2 Å². The van der Waals surface area contributed by atoms with Crippen LogP contribution in [0, 0.1) is 11.7 Å². The van der Waals surface area contributed by atoms with Crippen LogP contribution in [0.2, 0.25) is 0 Å². The number of alkyl halides is 3. The summed E-state index contributed by atoms with van der Waals surface area (Å²) in [6.45, 7) is 5.91. The van der Waals surface area contributed by atoms with Crippen LogP contribution in [0.3, 0.4) is 0 Å². The minimum absolute atomic E-state index is 0.241. The number of carbonyl (C=O) groups is 2. The highest BCUT2D eigenvalue weighted by molar-refractivity contribution is 5.96. The summed E-state index contributed by atoms with van der Waals surface area (Å²) in [7, 11) is 0. The van der Waals surface area contributed by atoms with E-state index in [-0.39, 0.29) is 18.1 Å². The molecular formula is C30H47F4NO3. The lowest BCUT2D eigenvalue weighted by molar-refractivity contribution is -0.147. The number of amides is 1. The molecule has 8 heteroatoms. The Kier molecular flexibility index (Phi) is 17.0. The molecule has 0 saturated carbocycles. The molecule has 0 aliphatic carbocycles. The highest BCUT2D eigenvalue weighted by atomic mass is 19.4. The van der Waals surface area contributed by atoms with Crippen LogP contribution in [-0.4, -0.2) is 24.5 Å². The number of unbranched alkanes of at least 4 members (excludes halogenated alkanes) is 14. The molecule has 1 N–H and O–H groups in total. The monoisotopic (exact) mass is 545 g/mol. The van der Waals surface area contributed by atoms with E-state index in [0.717, 1.165) is 25.3 Å². The Morgan fingerprint density at radius 2 is 1.29 bits per heavy atom. The van der Waals surface area contributed by atoms with Crippen LogP contribution >= 0.6 is 0 Å². The van der Waals surface area contributed by atoms with Gasteiger partial charge < -0.3 is 10.1 Å². The zero-order valence-corrected chi connectivity index (χ0v) is 23.4. The number of hydrogen-bond donors (Lipinski definition) is 1. The Hall–Kier alpha value is -2.12. The van der Waals surface area contributed by atoms with Crippen molar-refractivity contribution in [3.8, 4) is 0 Å². The van der Waals surface area contributed by atoms with Gasteiger partial charge in [0, 0.05) is 5.56 Å². The topological polar surface area (TPSA) is 55.4 Å². The van der Waals surface area contributed by atoms with Crippen LogP contribution in [0.25, 0.3) is 0 Å². The molecule has 0 aliphatic rings. The second kappa shape index (κ2) is 19.0. The third kappa shape index (κ3) is 14.1. The number of benzene rings is 1. The highest BCUT2D eigenvalue weighted by Crippen LogP contribution is 2.31. The molecule has 0 bridgehead atoms. The molecule has 1 aromatic rings. The van der Waals surface area contributed by atoms with Crippen molar-refractivity contribution < 1.29 is 31.9 Å². The number of halogens is 4. The van der Waals surface area contributed by atoms with Gasteiger partial charge in [-0.15, -0.1) is 0 Å². The SMILES string of the molecule is CCCCCCCCCCCCCCCCCOC(=O)C(NC(=O)c1ccc(C(F)(F)F)c(F)c1)C(C)C. The van der Waals surface area contributed by atoms with Crippen molar-refractivity contribution in [1.82, 2.24) is 5.32 Å². The van der Waals surface area contributed by atoms with E-state index >= 15 is 0 Å². The van der Waals surface area contributed by atoms with Crippen molar-refractivity contribution in [3.05, 3.63) is 35.1 Å². The maximum absolute atomic E-state index is 13.8. The second-order valence-corrected chi connectivity index (χ2v) is 10.5. The van der Waals surface area contributed by atoms with Gasteiger partial charge in [0.15, 0.2) is 0 Å².